The van der Waals surface area contributed by atoms with Crippen molar-refractivity contribution in [1.29, 1.82) is 0 Å². The number of halogens is 2. The van der Waals surface area contributed by atoms with Crippen LogP contribution in [0, 0.1) is 11.7 Å². The molecule has 15 heavy (non-hydrogen) atoms. The maximum absolute atomic E-state index is 13.6. The van der Waals surface area contributed by atoms with E-state index in [1.54, 1.807) is 6.07 Å². The molecule has 1 aliphatic rings. The van der Waals surface area contributed by atoms with E-state index in [1.807, 2.05) is 6.07 Å². The van der Waals surface area contributed by atoms with Crippen LogP contribution >= 0.6 is 15.9 Å². The molecule has 1 aliphatic carbocycles. The second kappa shape index (κ2) is 4.62. The van der Waals surface area contributed by atoms with Gasteiger partial charge in [-0.1, -0.05) is 41.3 Å². The van der Waals surface area contributed by atoms with E-state index in [0.29, 0.717) is 11.5 Å². The highest BCUT2D eigenvalue weighted by molar-refractivity contribution is 9.10. The summed E-state index contributed by atoms with van der Waals surface area (Å²) in [6.07, 6.45) is 4.70. The lowest BCUT2D eigenvalue weighted by Crippen LogP contribution is -2.21. The van der Waals surface area contributed by atoms with Crippen LogP contribution in [0.25, 0.3) is 0 Å². The molecule has 0 aromatic heterocycles. The zero-order valence-corrected chi connectivity index (χ0v) is 10.1. The van der Waals surface area contributed by atoms with Crippen LogP contribution in [0.3, 0.4) is 0 Å². The third-order valence-corrected chi connectivity index (χ3v) is 3.87. The molecule has 1 aromatic carbocycles. The number of nitrogens with two attached hydrogens (primary N) is 1. The lowest BCUT2D eigenvalue weighted by Gasteiger charge is -2.28. The molecular weight excluding hydrogens is 257 g/mol. The van der Waals surface area contributed by atoms with Crippen molar-refractivity contribution in [1.82, 2.24) is 0 Å². The van der Waals surface area contributed by atoms with E-state index >= 15 is 0 Å². The van der Waals surface area contributed by atoms with Gasteiger partial charge < -0.3 is 5.73 Å². The van der Waals surface area contributed by atoms with E-state index in [-0.39, 0.29) is 11.9 Å². The Labute approximate surface area is 98.0 Å². The molecule has 1 atom stereocenters. The first kappa shape index (κ1) is 11.1. The fraction of sp³-hybridized carbons (Fsp3) is 0.500. The minimum Gasteiger partial charge on any atom is -0.324 e. The molecule has 1 unspecified atom stereocenters. The SMILES string of the molecule is NC(CC1CCC1)c1c(F)cccc1Br. The summed E-state index contributed by atoms with van der Waals surface area (Å²) in [6.45, 7) is 0. The molecule has 0 radical (unpaired) electrons. The highest BCUT2D eigenvalue weighted by Gasteiger charge is 2.23. The lowest BCUT2D eigenvalue weighted by molar-refractivity contribution is 0.275. The van der Waals surface area contributed by atoms with E-state index in [1.165, 1.54) is 25.3 Å². The lowest BCUT2D eigenvalue weighted by atomic mass is 9.80. The zero-order chi connectivity index (χ0) is 10.8. The highest BCUT2D eigenvalue weighted by Crippen LogP contribution is 2.36. The van der Waals surface area contributed by atoms with Crippen LogP contribution in [0.4, 0.5) is 4.39 Å². The monoisotopic (exact) mass is 271 g/mol. The molecule has 82 valence electrons. The van der Waals surface area contributed by atoms with Crippen LogP contribution in [-0.4, -0.2) is 0 Å². The Morgan fingerprint density at radius 2 is 2.20 bits per heavy atom. The van der Waals surface area contributed by atoms with E-state index in [9.17, 15) is 4.39 Å². The first-order valence-corrected chi connectivity index (χ1v) is 6.17. The summed E-state index contributed by atoms with van der Waals surface area (Å²) in [5, 5.41) is 0. The fourth-order valence-corrected chi connectivity index (χ4v) is 2.71. The summed E-state index contributed by atoms with van der Waals surface area (Å²) in [7, 11) is 0. The first-order chi connectivity index (χ1) is 7.18. The van der Waals surface area contributed by atoms with Crippen molar-refractivity contribution in [2.45, 2.75) is 31.7 Å². The Morgan fingerprint density at radius 3 is 2.73 bits per heavy atom. The van der Waals surface area contributed by atoms with Crippen molar-refractivity contribution in [3.05, 3.63) is 34.1 Å². The van der Waals surface area contributed by atoms with Gasteiger partial charge in [0.15, 0.2) is 0 Å². The van der Waals surface area contributed by atoms with Crippen molar-refractivity contribution in [3.8, 4) is 0 Å². The van der Waals surface area contributed by atoms with Gasteiger partial charge in [-0.3, -0.25) is 0 Å². The molecule has 0 amide bonds. The molecule has 0 bridgehead atoms. The predicted molar refractivity (Wildman–Crippen MR) is 63.0 cm³/mol. The summed E-state index contributed by atoms with van der Waals surface area (Å²) in [6, 6.07) is 4.84. The minimum absolute atomic E-state index is 0.175. The summed E-state index contributed by atoms with van der Waals surface area (Å²) >= 11 is 3.36. The maximum atomic E-state index is 13.6. The van der Waals surface area contributed by atoms with Crippen LogP contribution in [0.1, 0.15) is 37.3 Å². The Kier molecular flexibility index (Phi) is 3.42. The molecule has 1 aromatic rings. The van der Waals surface area contributed by atoms with Gasteiger partial charge >= 0.3 is 0 Å². The van der Waals surface area contributed by atoms with Crippen molar-refractivity contribution >= 4 is 15.9 Å². The highest BCUT2D eigenvalue weighted by atomic mass is 79.9. The van der Waals surface area contributed by atoms with E-state index in [2.05, 4.69) is 15.9 Å². The molecule has 3 heteroatoms. The fourth-order valence-electron chi connectivity index (χ4n) is 2.07. The molecule has 1 nitrogen and oxygen atoms in total. The van der Waals surface area contributed by atoms with E-state index in [0.717, 1.165) is 10.9 Å². The molecule has 0 heterocycles. The third-order valence-electron chi connectivity index (χ3n) is 3.18. The topological polar surface area (TPSA) is 26.0 Å². The largest absolute Gasteiger partial charge is 0.324 e. The second-order valence-electron chi connectivity index (χ2n) is 4.27. The van der Waals surface area contributed by atoms with Gasteiger partial charge in [0, 0.05) is 16.1 Å². The van der Waals surface area contributed by atoms with Gasteiger partial charge in [-0.2, -0.15) is 0 Å². The van der Waals surface area contributed by atoms with Crippen molar-refractivity contribution in [2.75, 3.05) is 0 Å². The van der Waals surface area contributed by atoms with Gasteiger partial charge in [0.2, 0.25) is 0 Å². The Bertz CT molecular complexity index is 329. The molecule has 1 fully saturated rings. The Balaban J connectivity index is 2.12. The average Bonchev–Trinajstić information content (AvgIpc) is 2.11. The Morgan fingerprint density at radius 1 is 1.47 bits per heavy atom. The molecule has 0 aliphatic heterocycles. The number of rotatable bonds is 3. The normalized spacial score (nSPS) is 18.6. The average molecular weight is 272 g/mol. The van der Waals surface area contributed by atoms with Crippen LogP contribution in [0.5, 0.6) is 0 Å². The van der Waals surface area contributed by atoms with E-state index < -0.39 is 0 Å². The molecule has 2 N–H and O–H groups in total. The predicted octanol–water partition coefficient (Wildman–Crippen LogP) is 3.78. The van der Waals surface area contributed by atoms with Gasteiger partial charge in [0.1, 0.15) is 5.82 Å². The quantitative estimate of drug-likeness (QED) is 0.890. The van der Waals surface area contributed by atoms with Gasteiger partial charge in [-0.15, -0.1) is 0 Å². The molecular formula is C12H15BrFN. The van der Waals surface area contributed by atoms with Crippen molar-refractivity contribution < 1.29 is 4.39 Å². The van der Waals surface area contributed by atoms with Crippen LogP contribution in [0.2, 0.25) is 0 Å². The maximum Gasteiger partial charge on any atom is 0.129 e. The standard InChI is InChI=1S/C12H15BrFN/c13-9-5-2-6-10(14)12(9)11(15)7-8-3-1-4-8/h2,5-6,8,11H,1,3-4,7,15H2. The Hall–Kier alpha value is -0.410. The smallest absolute Gasteiger partial charge is 0.129 e. The molecule has 2 rings (SSSR count). The summed E-state index contributed by atoms with van der Waals surface area (Å²) in [5.41, 5.74) is 6.67. The molecule has 1 saturated carbocycles. The number of benzene rings is 1. The van der Waals surface area contributed by atoms with Gasteiger partial charge in [0.25, 0.3) is 0 Å². The van der Waals surface area contributed by atoms with Gasteiger partial charge in [-0.25, -0.2) is 4.39 Å². The van der Waals surface area contributed by atoms with Crippen molar-refractivity contribution in [3.63, 3.8) is 0 Å². The summed E-state index contributed by atoms with van der Waals surface area (Å²) in [4.78, 5) is 0. The summed E-state index contributed by atoms with van der Waals surface area (Å²) in [5.74, 6) is 0.503. The van der Waals surface area contributed by atoms with E-state index in [4.69, 9.17) is 5.73 Å². The molecule has 0 spiro atoms. The van der Waals surface area contributed by atoms with Gasteiger partial charge in [0.05, 0.1) is 0 Å². The second-order valence-corrected chi connectivity index (χ2v) is 5.13. The van der Waals surface area contributed by atoms with Gasteiger partial charge in [-0.05, 0) is 24.5 Å². The minimum atomic E-state index is -0.198. The van der Waals surface area contributed by atoms with Crippen LogP contribution < -0.4 is 5.73 Å². The van der Waals surface area contributed by atoms with Crippen LogP contribution in [0.15, 0.2) is 22.7 Å². The zero-order valence-electron chi connectivity index (χ0n) is 8.55. The number of hydrogen-bond acceptors (Lipinski definition) is 1. The van der Waals surface area contributed by atoms with Crippen molar-refractivity contribution in [2.24, 2.45) is 11.7 Å². The van der Waals surface area contributed by atoms with Crippen LogP contribution in [-0.2, 0) is 0 Å². The third kappa shape index (κ3) is 2.40. The summed E-state index contributed by atoms with van der Waals surface area (Å²) < 4.78 is 14.3. The molecule has 0 saturated heterocycles. The first-order valence-electron chi connectivity index (χ1n) is 5.38. The number of hydrogen-bond donors (Lipinski definition) is 1.